The van der Waals surface area contributed by atoms with Gasteiger partial charge in [0.25, 0.3) is 0 Å². The predicted octanol–water partition coefficient (Wildman–Crippen LogP) is 1.22. The van der Waals surface area contributed by atoms with Gasteiger partial charge in [0.1, 0.15) is 11.8 Å². The second-order valence-corrected chi connectivity index (χ2v) is 12.1. The van der Waals surface area contributed by atoms with E-state index in [1.54, 1.807) is 12.1 Å². The number of likely N-dealkylation sites (N-methyl/N-ethyl adjacent to an activating group) is 1. The van der Waals surface area contributed by atoms with Gasteiger partial charge < -0.3 is 40.4 Å². The monoisotopic (exact) mass is 591 g/mol. The molecule has 1 amide bonds. The first-order chi connectivity index (χ1) is 20.5. The van der Waals surface area contributed by atoms with E-state index in [0.717, 1.165) is 16.7 Å². The second-order valence-electron chi connectivity index (χ2n) is 12.1. The fraction of sp³-hybridized carbons (Fsp3) is 0.469. The number of amides is 1. The molecular weight excluding hydrogens is 554 g/mol. The molecule has 2 aliphatic carbocycles. The number of nitrogens with one attached hydrogen (secondary N) is 1. The summed E-state index contributed by atoms with van der Waals surface area (Å²) in [6.07, 6.45) is 1.18. The SMILES string of the molecule is C[C@H](NC(=O)[C@@H](N)Cc1ccccc1)C(=O)O[C@@H](C)C(=O)OC1=CC[C@]2(O)C3Cc4ccc(O)c5c4[C@@]2(CCN3C)[C@H]1O5. The van der Waals surface area contributed by atoms with Crippen LogP contribution < -0.4 is 15.8 Å². The molecule has 11 heteroatoms. The summed E-state index contributed by atoms with van der Waals surface area (Å²) in [5.74, 6) is -1.69. The standard InChI is InChI=1S/C32H37N3O8/c1-17(34-28(37)21(33)15-19-7-5-4-6-8-19)29(38)41-18(2)30(39)42-23-11-12-32(40)24-16-20-9-10-22(36)26-25(20)31(32,27(23)43-26)13-14-35(24)3/h4-11,17-18,21,24,27,36,40H,12-16,33H2,1-3H3,(H,34,37)/t17-,18-,21-,24?,27-,31-,32-/m0/s1. The summed E-state index contributed by atoms with van der Waals surface area (Å²) in [7, 11) is 1.99. The Morgan fingerprint density at radius 2 is 1.91 bits per heavy atom. The van der Waals surface area contributed by atoms with Gasteiger partial charge in [0.05, 0.1) is 17.1 Å². The highest BCUT2D eigenvalue weighted by molar-refractivity contribution is 5.88. The quantitative estimate of drug-likeness (QED) is 0.329. The van der Waals surface area contributed by atoms with E-state index in [4.69, 9.17) is 19.9 Å². The Labute approximate surface area is 249 Å². The fourth-order valence-corrected chi connectivity index (χ4v) is 7.30. The number of carbonyl (C=O) groups is 3. The lowest BCUT2D eigenvalue weighted by Gasteiger charge is -2.61. The zero-order valence-electron chi connectivity index (χ0n) is 24.4. The summed E-state index contributed by atoms with van der Waals surface area (Å²) in [6, 6.07) is 10.6. The van der Waals surface area contributed by atoms with Gasteiger partial charge in [-0.25, -0.2) is 9.59 Å². The molecule has 6 rings (SSSR count). The predicted molar refractivity (Wildman–Crippen MR) is 154 cm³/mol. The first-order valence-electron chi connectivity index (χ1n) is 14.6. The third-order valence-electron chi connectivity index (χ3n) is 9.54. The van der Waals surface area contributed by atoms with Crippen molar-refractivity contribution in [2.24, 2.45) is 5.73 Å². The number of hydrogen-bond acceptors (Lipinski definition) is 10. The molecule has 2 aromatic rings. The molecule has 0 saturated carbocycles. The zero-order valence-corrected chi connectivity index (χ0v) is 24.4. The maximum Gasteiger partial charge on any atom is 0.352 e. The molecule has 5 N–H and O–H groups in total. The summed E-state index contributed by atoms with van der Waals surface area (Å²) in [5.41, 5.74) is 6.57. The van der Waals surface area contributed by atoms with Crippen LogP contribution >= 0.6 is 0 Å². The Morgan fingerprint density at radius 1 is 1.16 bits per heavy atom. The van der Waals surface area contributed by atoms with E-state index in [1.807, 2.05) is 43.4 Å². The van der Waals surface area contributed by atoms with Crippen LogP contribution in [-0.2, 0) is 42.1 Å². The molecule has 4 aliphatic rings. The molecule has 1 saturated heterocycles. The molecule has 7 atom stereocenters. The molecule has 1 spiro atoms. The third-order valence-corrected chi connectivity index (χ3v) is 9.54. The number of esters is 2. The molecule has 0 aromatic heterocycles. The van der Waals surface area contributed by atoms with Crippen LogP contribution in [-0.4, -0.2) is 82.5 Å². The minimum absolute atomic E-state index is 0.0326. The van der Waals surface area contributed by atoms with Gasteiger partial charge in [-0.05, 0) is 70.0 Å². The highest BCUT2D eigenvalue weighted by Crippen LogP contribution is 2.65. The van der Waals surface area contributed by atoms with Gasteiger partial charge in [-0.1, -0.05) is 36.4 Å². The van der Waals surface area contributed by atoms with Crippen molar-refractivity contribution in [3.05, 3.63) is 71.0 Å². The maximum atomic E-state index is 13.2. The Hall–Kier alpha value is -3.93. The number of hydrogen-bond donors (Lipinski definition) is 4. The van der Waals surface area contributed by atoms with Crippen LogP contribution in [0.2, 0.25) is 0 Å². The highest BCUT2D eigenvalue weighted by atomic mass is 16.6. The van der Waals surface area contributed by atoms with Crippen molar-refractivity contribution < 1.29 is 38.8 Å². The maximum absolute atomic E-state index is 13.2. The van der Waals surface area contributed by atoms with Crippen molar-refractivity contribution in [1.29, 1.82) is 0 Å². The topological polar surface area (TPSA) is 161 Å². The van der Waals surface area contributed by atoms with E-state index in [1.165, 1.54) is 13.8 Å². The van der Waals surface area contributed by atoms with Gasteiger partial charge >= 0.3 is 11.9 Å². The molecule has 2 aromatic carbocycles. The van der Waals surface area contributed by atoms with Crippen molar-refractivity contribution in [2.45, 2.75) is 80.9 Å². The molecule has 2 aliphatic heterocycles. The zero-order chi connectivity index (χ0) is 30.7. The summed E-state index contributed by atoms with van der Waals surface area (Å²) in [5, 5.41) is 25.4. The number of carbonyl (C=O) groups excluding carboxylic acids is 3. The van der Waals surface area contributed by atoms with Gasteiger partial charge in [0, 0.05) is 18.0 Å². The molecule has 2 heterocycles. The molecule has 43 heavy (non-hydrogen) atoms. The summed E-state index contributed by atoms with van der Waals surface area (Å²) in [4.78, 5) is 40.6. The molecule has 2 bridgehead atoms. The summed E-state index contributed by atoms with van der Waals surface area (Å²) >= 11 is 0. The van der Waals surface area contributed by atoms with Gasteiger partial charge in [-0.2, -0.15) is 0 Å². The number of nitrogens with two attached hydrogens (primary N) is 1. The van der Waals surface area contributed by atoms with Crippen molar-refractivity contribution in [3.8, 4) is 11.5 Å². The van der Waals surface area contributed by atoms with E-state index in [0.29, 0.717) is 31.6 Å². The number of phenols is 1. The van der Waals surface area contributed by atoms with Crippen molar-refractivity contribution in [3.63, 3.8) is 0 Å². The van der Waals surface area contributed by atoms with Gasteiger partial charge in [0.15, 0.2) is 23.7 Å². The van der Waals surface area contributed by atoms with E-state index in [-0.39, 0.29) is 24.0 Å². The minimum atomic E-state index is -1.30. The molecule has 228 valence electrons. The van der Waals surface area contributed by atoms with Crippen LogP contribution in [0.25, 0.3) is 0 Å². The number of aliphatic hydroxyl groups is 1. The van der Waals surface area contributed by atoms with Crippen LogP contribution in [0.1, 0.15) is 43.4 Å². The van der Waals surface area contributed by atoms with Gasteiger partial charge in [-0.15, -0.1) is 0 Å². The largest absolute Gasteiger partial charge is 0.504 e. The van der Waals surface area contributed by atoms with Crippen LogP contribution in [0.5, 0.6) is 11.5 Å². The smallest absolute Gasteiger partial charge is 0.352 e. The van der Waals surface area contributed by atoms with E-state index < -0.39 is 53.2 Å². The second kappa shape index (κ2) is 10.7. The van der Waals surface area contributed by atoms with Crippen LogP contribution in [0, 0.1) is 0 Å². The molecule has 1 unspecified atom stereocenters. The normalized spacial score (nSPS) is 28.8. The Balaban J connectivity index is 1.13. The van der Waals surface area contributed by atoms with Crippen molar-refractivity contribution in [2.75, 3.05) is 13.6 Å². The average molecular weight is 592 g/mol. The first-order valence-corrected chi connectivity index (χ1v) is 14.6. The van der Waals surface area contributed by atoms with Crippen LogP contribution in [0.3, 0.4) is 0 Å². The molecule has 0 radical (unpaired) electrons. The van der Waals surface area contributed by atoms with E-state index in [9.17, 15) is 24.6 Å². The number of piperidine rings is 1. The number of phenolic OH excluding ortho intramolecular Hbond substituents is 1. The Morgan fingerprint density at radius 3 is 2.65 bits per heavy atom. The number of ether oxygens (including phenoxy) is 3. The van der Waals surface area contributed by atoms with Crippen molar-refractivity contribution >= 4 is 17.8 Å². The Kier molecular flexibility index (Phi) is 7.22. The van der Waals surface area contributed by atoms with Crippen LogP contribution in [0.15, 0.2) is 54.3 Å². The molecular formula is C32H37N3O8. The third kappa shape index (κ3) is 4.57. The van der Waals surface area contributed by atoms with Crippen molar-refractivity contribution in [1.82, 2.24) is 10.2 Å². The number of rotatable bonds is 8. The summed E-state index contributed by atoms with van der Waals surface area (Å²) in [6.45, 7) is 3.52. The average Bonchev–Trinajstić information content (AvgIpc) is 3.34. The van der Waals surface area contributed by atoms with Gasteiger partial charge in [0.2, 0.25) is 5.91 Å². The van der Waals surface area contributed by atoms with E-state index >= 15 is 0 Å². The highest BCUT2D eigenvalue weighted by Gasteiger charge is 2.72. The fourth-order valence-electron chi connectivity index (χ4n) is 7.30. The minimum Gasteiger partial charge on any atom is -0.504 e. The number of aromatic hydroxyl groups is 1. The van der Waals surface area contributed by atoms with Gasteiger partial charge in [-0.3, -0.25) is 4.79 Å². The lowest BCUT2D eigenvalue weighted by molar-refractivity contribution is -0.176. The van der Waals surface area contributed by atoms with E-state index in [2.05, 4.69) is 10.2 Å². The lowest BCUT2D eigenvalue weighted by atomic mass is 9.50. The number of nitrogens with zero attached hydrogens (tertiary/aromatic N) is 1. The number of benzene rings is 2. The van der Waals surface area contributed by atoms with Crippen LogP contribution in [0.4, 0.5) is 0 Å². The Bertz CT molecular complexity index is 1490. The molecule has 1 fully saturated rings. The number of likely N-dealkylation sites (tertiary alicyclic amines) is 1. The molecule has 11 nitrogen and oxygen atoms in total. The summed E-state index contributed by atoms with van der Waals surface area (Å²) < 4.78 is 17.4. The lowest BCUT2D eigenvalue weighted by Crippen LogP contribution is -2.74. The first kappa shape index (κ1) is 29.2.